The molecule has 1 aliphatic rings. The Hall–Kier alpha value is -2.86. The third kappa shape index (κ3) is 6.17. The van der Waals surface area contributed by atoms with E-state index in [0.717, 1.165) is 38.9 Å². The molecular formula is C23H27FN6O2S2. The van der Waals surface area contributed by atoms with Gasteiger partial charge in [-0.05, 0) is 49.7 Å². The number of benzene rings is 1. The van der Waals surface area contributed by atoms with Crippen molar-refractivity contribution in [1.82, 2.24) is 9.88 Å². The van der Waals surface area contributed by atoms with Gasteiger partial charge in [-0.2, -0.15) is 5.26 Å². The molecule has 3 rings (SSSR count). The van der Waals surface area contributed by atoms with Gasteiger partial charge in [-0.3, -0.25) is 4.72 Å². The van der Waals surface area contributed by atoms with Crippen molar-refractivity contribution in [3.63, 3.8) is 0 Å². The van der Waals surface area contributed by atoms with Crippen LogP contribution in [0.25, 0.3) is 4.85 Å². The van der Waals surface area contributed by atoms with E-state index in [9.17, 15) is 18.1 Å². The van der Waals surface area contributed by atoms with E-state index in [1.165, 1.54) is 23.9 Å². The molecule has 0 atom stereocenters. The van der Waals surface area contributed by atoms with Crippen LogP contribution in [0.1, 0.15) is 30.0 Å². The van der Waals surface area contributed by atoms with Gasteiger partial charge < -0.3 is 9.80 Å². The van der Waals surface area contributed by atoms with Gasteiger partial charge in [0.05, 0.1) is 24.1 Å². The van der Waals surface area contributed by atoms with Gasteiger partial charge in [0.15, 0.2) is 0 Å². The van der Waals surface area contributed by atoms with Crippen molar-refractivity contribution < 1.29 is 12.8 Å². The summed E-state index contributed by atoms with van der Waals surface area (Å²) in [4.78, 5) is 12.9. The molecule has 2 aromatic rings. The predicted octanol–water partition coefficient (Wildman–Crippen LogP) is 4.01. The molecule has 1 aliphatic heterocycles. The number of likely N-dealkylation sites (N-methyl/N-ethyl adjacent to an activating group) is 1. The second-order valence-electron chi connectivity index (χ2n) is 8.14. The number of aromatic nitrogens is 1. The molecule has 34 heavy (non-hydrogen) atoms. The molecule has 0 spiro atoms. The molecular weight excluding hydrogens is 475 g/mol. The van der Waals surface area contributed by atoms with Crippen molar-refractivity contribution in [2.75, 3.05) is 49.1 Å². The molecule has 0 bridgehead atoms. The molecule has 1 N–H and O–H groups in total. The number of thioether (sulfide) groups is 1. The maximum atomic E-state index is 14.4. The number of rotatable bonds is 7. The zero-order valence-electron chi connectivity index (χ0n) is 19.4. The summed E-state index contributed by atoms with van der Waals surface area (Å²) >= 11 is 1.31. The number of hydrogen-bond acceptors (Lipinski definition) is 7. The highest BCUT2D eigenvalue weighted by Crippen LogP contribution is 2.39. The van der Waals surface area contributed by atoms with Gasteiger partial charge in [-0.25, -0.2) is 22.6 Å². The molecule has 0 radical (unpaired) electrons. The fourth-order valence-electron chi connectivity index (χ4n) is 3.83. The lowest BCUT2D eigenvalue weighted by Gasteiger charge is -2.25. The largest absolute Gasteiger partial charge is 0.364 e. The van der Waals surface area contributed by atoms with Crippen molar-refractivity contribution in [2.24, 2.45) is 0 Å². The average Bonchev–Trinajstić information content (AvgIpc) is 3.01. The first-order valence-corrected chi connectivity index (χ1v) is 13.7. The molecule has 1 saturated heterocycles. The molecule has 180 valence electrons. The lowest BCUT2D eigenvalue weighted by molar-refractivity contribution is 0.360. The summed E-state index contributed by atoms with van der Waals surface area (Å²) in [6, 6.07) is 6.50. The molecule has 8 nitrogen and oxygen atoms in total. The molecule has 0 aliphatic carbocycles. The Kier molecular flexibility index (Phi) is 8.37. The Balaban J connectivity index is 1.94. The lowest BCUT2D eigenvalue weighted by Crippen LogP contribution is -2.29. The summed E-state index contributed by atoms with van der Waals surface area (Å²) in [6.45, 7) is 13.0. The number of anilines is 2. The fraction of sp³-hybridized carbons (Fsp3) is 0.435. The van der Waals surface area contributed by atoms with Crippen LogP contribution in [0.15, 0.2) is 23.2 Å². The maximum absolute atomic E-state index is 14.4. The summed E-state index contributed by atoms with van der Waals surface area (Å²) in [6.07, 6.45) is 2.44. The number of sulfonamides is 1. The van der Waals surface area contributed by atoms with Crippen molar-refractivity contribution >= 4 is 39.0 Å². The Morgan fingerprint density at radius 2 is 2.09 bits per heavy atom. The molecule has 11 heteroatoms. The van der Waals surface area contributed by atoms with Crippen LogP contribution >= 0.6 is 11.8 Å². The van der Waals surface area contributed by atoms with E-state index in [1.54, 1.807) is 6.07 Å². The number of pyridine rings is 1. The van der Waals surface area contributed by atoms with Crippen LogP contribution in [0.4, 0.5) is 21.6 Å². The Morgan fingerprint density at radius 3 is 2.71 bits per heavy atom. The van der Waals surface area contributed by atoms with Gasteiger partial charge in [0.25, 0.3) is 0 Å². The number of nitrogens with zero attached hydrogens (tertiary/aromatic N) is 5. The van der Waals surface area contributed by atoms with Crippen LogP contribution in [0.5, 0.6) is 0 Å². The van der Waals surface area contributed by atoms with Crippen LogP contribution in [-0.4, -0.2) is 57.8 Å². The molecule has 0 unspecified atom stereocenters. The highest BCUT2D eigenvalue weighted by molar-refractivity contribution is 7.98. The minimum Gasteiger partial charge on any atom is -0.364 e. The molecule has 2 heterocycles. The summed E-state index contributed by atoms with van der Waals surface area (Å²) in [5, 5.41) is 10.4. The third-order valence-electron chi connectivity index (χ3n) is 5.52. The predicted molar refractivity (Wildman–Crippen MR) is 133 cm³/mol. The van der Waals surface area contributed by atoms with Gasteiger partial charge >= 0.3 is 0 Å². The van der Waals surface area contributed by atoms with Gasteiger partial charge in [-0.15, -0.1) is 11.8 Å². The van der Waals surface area contributed by atoms with Crippen LogP contribution in [-0.2, 0) is 22.2 Å². The molecule has 0 saturated carbocycles. The van der Waals surface area contributed by atoms with E-state index in [1.807, 2.05) is 6.92 Å². The highest BCUT2D eigenvalue weighted by atomic mass is 32.2. The highest BCUT2D eigenvalue weighted by Gasteiger charge is 2.24. The minimum atomic E-state index is -3.59. The minimum absolute atomic E-state index is 0.116. The van der Waals surface area contributed by atoms with E-state index in [0.29, 0.717) is 45.4 Å². The van der Waals surface area contributed by atoms with Gasteiger partial charge in [-0.1, -0.05) is 13.0 Å². The van der Waals surface area contributed by atoms with E-state index in [-0.39, 0.29) is 5.69 Å². The van der Waals surface area contributed by atoms with Crippen molar-refractivity contribution in [3.05, 3.63) is 52.1 Å². The van der Waals surface area contributed by atoms with E-state index in [4.69, 9.17) is 11.6 Å². The van der Waals surface area contributed by atoms with Crippen molar-refractivity contribution in [2.45, 2.75) is 30.5 Å². The number of halogens is 1. The lowest BCUT2D eigenvalue weighted by atomic mass is 10.1. The maximum Gasteiger partial charge on any atom is 0.232 e. The smallest absolute Gasteiger partial charge is 0.232 e. The normalized spacial score (nSPS) is 14.8. The van der Waals surface area contributed by atoms with Gasteiger partial charge in [0, 0.05) is 25.4 Å². The second-order valence-corrected chi connectivity index (χ2v) is 10.9. The summed E-state index contributed by atoms with van der Waals surface area (Å²) in [5.41, 5.74) is 1.99. The third-order valence-corrected chi connectivity index (χ3v) is 7.16. The SMILES string of the molecule is [C-]#[N+]c1c(N2CCCN(C)CC2)nc(SCc2ccc(NS(C)(=O)=O)c(F)c2)c(C#N)c1CC. The first-order chi connectivity index (χ1) is 16.2. The fourth-order valence-corrected chi connectivity index (χ4v) is 5.34. The first kappa shape index (κ1) is 25.8. The number of hydrogen-bond donors (Lipinski definition) is 1. The van der Waals surface area contributed by atoms with Crippen LogP contribution < -0.4 is 9.62 Å². The Labute approximate surface area is 204 Å². The topological polar surface area (TPSA) is 93.7 Å². The quantitative estimate of drug-likeness (QED) is 0.452. The van der Waals surface area contributed by atoms with E-state index >= 15 is 0 Å². The standard InChI is InChI=1S/C23H27FN6O2S2/c1-5-17-18(14-25)23(27-22(21(17)26-2)30-10-6-9-29(3)11-12-30)33-15-16-7-8-20(19(24)13-16)28-34(4,31)32/h7-8,13,28H,5-6,9-12,15H2,1,3-4H3. The van der Waals surface area contributed by atoms with Crippen LogP contribution in [0, 0.1) is 23.7 Å². The first-order valence-electron chi connectivity index (χ1n) is 10.8. The van der Waals surface area contributed by atoms with Crippen LogP contribution in [0.3, 0.4) is 0 Å². The second kappa shape index (κ2) is 11.0. The molecule has 0 amide bonds. The van der Waals surface area contributed by atoms with Crippen molar-refractivity contribution in [1.29, 1.82) is 5.26 Å². The summed E-state index contributed by atoms with van der Waals surface area (Å²) in [5.74, 6) is 0.256. The van der Waals surface area contributed by atoms with Crippen LogP contribution in [0.2, 0.25) is 0 Å². The Bertz CT molecular complexity index is 1250. The molecule has 1 aromatic carbocycles. The van der Waals surface area contributed by atoms with Gasteiger partial charge in [0.1, 0.15) is 22.7 Å². The summed E-state index contributed by atoms with van der Waals surface area (Å²) < 4.78 is 39.3. The zero-order valence-corrected chi connectivity index (χ0v) is 21.1. The van der Waals surface area contributed by atoms with E-state index < -0.39 is 15.8 Å². The summed E-state index contributed by atoms with van der Waals surface area (Å²) in [7, 11) is -1.52. The number of nitriles is 1. The zero-order chi connectivity index (χ0) is 24.9. The van der Waals surface area contributed by atoms with Gasteiger partial charge in [0.2, 0.25) is 15.7 Å². The molecule has 1 aromatic heterocycles. The van der Waals surface area contributed by atoms with E-state index in [2.05, 4.69) is 32.5 Å². The monoisotopic (exact) mass is 502 g/mol. The Morgan fingerprint density at radius 1 is 1.32 bits per heavy atom. The van der Waals surface area contributed by atoms with Crippen molar-refractivity contribution in [3.8, 4) is 6.07 Å². The number of nitrogens with one attached hydrogen (secondary N) is 1. The average molecular weight is 503 g/mol. The molecule has 1 fully saturated rings.